The van der Waals surface area contributed by atoms with Crippen molar-refractivity contribution in [1.29, 1.82) is 0 Å². The average molecular weight is 355 g/mol. The quantitative estimate of drug-likeness (QED) is 0.466. The highest BCUT2D eigenvalue weighted by Gasteiger charge is 2.24. The number of rotatable bonds is 5. The summed E-state index contributed by atoms with van der Waals surface area (Å²) in [5.74, 6) is -0.684. The zero-order valence-electron chi connectivity index (χ0n) is 14.6. The number of piperazine rings is 1. The van der Waals surface area contributed by atoms with Crippen LogP contribution in [0.1, 0.15) is 15.9 Å². The maximum atomic E-state index is 12.5. The Morgan fingerprint density at radius 3 is 2.46 bits per heavy atom. The van der Waals surface area contributed by atoms with Crippen LogP contribution in [0.2, 0.25) is 0 Å². The molecule has 26 heavy (non-hydrogen) atoms. The lowest BCUT2D eigenvalue weighted by atomic mass is 10.1. The molecular formula is C19H21N3O4. The fourth-order valence-corrected chi connectivity index (χ4v) is 2.91. The molecule has 2 aromatic rings. The molecule has 0 spiro atoms. The summed E-state index contributed by atoms with van der Waals surface area (Å²) in [6.45, 7) is 3.52. The topological polar surface area (TPSA) is 75.9 Å². The van der Waals surface area contributed by atoms with Crippen LogP contribution in [0.3, 0.4) is 0 Å². The SMILES string of the molecule is CN1CCN(c2ccc([N+](=O)[O-])c(C(=O)OCc3ccccc3)c2)CC1. The van der Waals surface area contributed by atoms with Crippen molar-refractivity contribution < 1.29 is 14.5 Å². The summed E-state index contributed by atoms with van der Waals surface area (Å²) in [7, 11) is 2.06. The molecular weight excluding hydrogens is 334 g/mol. The first-order valence-electron chi connectivity index (χ1n) is 8.47. The number of ether oxygens (including phenoxy) is 1. The van der Waals surface area contributed by atoms with Crippen molar-refractivity contribution >= 4 is 17.3 Å². The van der Waals surface area contributed by atoms with E-state index in [-0.39, 0.29) is 17.9 Å². The van der Waals surface area contributed by atoms with E-state index in [1.165, 1.54) is 6.07 Å². The van der Waals surface area contributed by atoms with Crippen LogP contribution in [0.25, 0.3) is 0 Å². The first-order valence-corrected chi connectivity index (χ1v) is 8.47. The number of nitrogens with zero attached hydrogens (tertiary/aromatic N) is 3. The van der Waals surface area contributed by atoms with Gasteiger partial charge >= 0.3 is 5.97 Å². The van der Waals surface area contributed by atoms with E-state index in [4.69, 9.17) is 4.74 Å². The molecule has 1 aliphatic heterocycles. The average Bonchev–Trinajstić information content (AvgIpc) is 2.67. The van der Waals surface area contributed by atoms with E-state index in [1.807, 2.05) is 30.3 Å². The van der Waals surface area contributed by atoms with Crippen LogP contribution in [0.5, 0.6) is 0 Å². The van der Waals surface area contributed by atoms with Gasteiger partial charge in [-0.25, -0.2) is 4.79 Å². The van der Waals surface area contributed by atoms with Gasteiger partial charge in [-0.1, -0.05) is 30.3 Å². The Morgan fingerprint density at radius 2 is 1.81 bits per heavy atom. The number of esters is 1. The van der Waals surface area contributed by atoms with Gasteiger partial charge < -0.3 is 14.5 Å². The number of anilines is 1. The van der Waals surface area contributed by atoms with E-state index in [0.29, 0.717) is 0 Å². The number of hydrogen-bond acceptors (Lipinski definition) is 6. The maximum Gasteiger partial charge on any atom is 0.345 e. The van der Waals surface area contributed by atoms with Crippen molar-refractivity contribution in [2.24, 2.45) is 0 Å². The second kappa shape index (κ2) is 7.97. The molecule has 1 saturated heterocycles. The molecule has 0 aliphatic carbocycles. The number of nitro groups is 1. The Bertz CT molecular complexity index is 787. The van der Waals surface area contributed by atoms with Gasteiger partial charge in [0.1, 0.15) is 12.2 Å². The summed E-state index contributed by atoms with van der Waals surface area (Å²) in [5, 5.41) is 11.3. The fourth-order valence-electron chi connectivity index (χ4n) is 2.91. The number of carbonyl (C=O) groups is 1. The van der Waals surface area contributed by atoms with Gasteiger partial charge in [-0.05, 0) is 24.7 Å². The Kier molecular flexibility index (Phi) is 5.48. The van der Waals surface area contributed by atoms with Crippen LogP contribution in [-0.2, 0) is 11.3 Å². The molecule has 136 valence electrons. The Labute approximate surface area is 151 Å². The van der Waals surface area contributed by atoms with Gasteiger partial charge in [0.15, 0.2) is 0 Å². The Morgan fingerprint density at radius 1 is 1.12 bits per heavy atom. The van der Waals surface area contributed by atoms with Gasteiger partial charge in [0, 0.05) is 37.9 Å². The Hall–Kier alpha value is -2.93. The smallest absolute Gasteiger partial charge is 0.345 e. The molecule has 0 radical (unpaired) electrons. The van der Waals surface area contributed by atoms with Crippen LogP contribution in [0.4, 0.5) is 11.4 Å². The summed E-state index contributed by atoms with van der Waals surface area (Å²) < 4.78 is 5.29. The summed E-state index contributed by atoms with van der Waals surface area (Å²) in [6.07, 6.45) is 0. The van der Waals surface area contributed by atoms with Crippen LogP contribution >= 0.6 is 0 Å². The van der Waals surface area contributed by atoms with Gasteiger partial charge in [-0.3, -0.25) is 10.1 Å². The van der Waals surface area contributed by atoms with Crippen LogP contribution in [0, 0.1) is 10.1 Å². The van der Waals surface area contributed by atoms with Gasteiger partial charge in [0.05, 0.1) is 4.92 Å². The number of nitro benzene ring substituents is 1. The van der Waals surface area contributed by atoms with Gasteiger partial charge in [-0.2, -0.15) is 0 Å². The highest BCUT2D eigenvalue weighted by atomic mass is 16.6. The van der Waals surface area contributed by atoms with Crippen LogP contribution in [-0.4, -0.2) is 49.0 Å². The normalized spacial score (nSPS) is 14.9. The fraction of sp³-hybridized carbons (Fsp3) is 0.316. The first-order chi connectivity index (χ1) is 12.5. The molecule has 1 fully saturated rings. The predicted octanol–water partition coefficient (Wildman–Crippen LogP) is 2.70. The summed E-state index contributed by atoms with van der Waals surface area (Å²) in [4.78, 5) is 27.6. The summed E-state index contributed by atoms with van der Waals surface area (Å²) in [6, 6.07) is 13.9. The molecule has 0 atom stereocenters. The molecule has 0 amide bonds. The molecule has 3 rings (SSSR count). The van der Waals surface area contributed by atoms with Gasteiger partial charge in [0.2, 0.25) is 0 Å². The van der Waals surface area contributed by atoms with E-state index >= 15 is 0 Å². The molecule has 7 nitrogen and oxygen atoms in total. The minimum atomic E-state index is -0.684. The third-order valence-corrected chi connectivity index (χ3v) is 4.48. The monoisotopic (exact) mass is 355 g/mol. The zero-order valence-corrected chi connectivity index (χ0v) is 14.6. The third kappa shape index (κ3) is 4.18. The lowest BCUT2D eigenvalue weighted by Crippen LogP contribution is -2.44. The standard InChI is InChI=1S/C19H21N3O4/c1-20-9-11-21(12-10-20)16-7-8-18(22(24)25)17(13-16)19(23)26-14-15-5-3-2-4-6-15/h2-8,13H,9-12,14H2,1H3. The molecule has 7 heteroatoms. The van der Waals surface area contributed by atoms with Crippen molar-refractivity contribution in [2.75, 3.05) is 38.1 Å². The van der Waals surface area contributed by atoms with Crippen molar-refractivity contribution in [2.45, 2.75) is 6.61 Å². The van der Waals surface area contributed by atoms with E-state index in [9.17, 15) is 14.9 Å². The van der Waals surface area contributed by atoms with Crippen molar-refractivity contribution in [3.05, 3.63) is 69.8 Å². The largest absolute Gasteiger partial charge is 0.457 e. The van der Waals surface area contributed by atoms with E-state index in [2.05, 4.69) is 16.8 Å². The highest BCUT2D eigenvalue weighted by Crippen LogP contribution is 2.26. The predicted molar refractivity (Wildman–Crippen MR) is 98.4 cm³/mol. The van der Waals surface area contributed by atoms with Gasteiger partial charge in [0.25, 0.3) is 5.69 Å². The van der Waals surface area contributed by atoms with E-state index < -0.39 is 10.9 Å². The van der Waals surface area contributed by atoms with Crippen molar-refractivity contribution in [3.63, 3.8) is 0 Å². The van der Waals surface area contributed by atoms with Gasteiger partial charge in [-0.15, -0.1) is 0 Å². The van der Waals surface area contributed by atoms with Crippen molar-refractivity contribution in [1.82, 2.24) is 4.90 Å². The number of likely N-dealkylation sites (N-methyl/N-ethyl adjacent to an activating group) is 1. The second-order valence-corrected chi connectivity index (χ2v) is 6.31. The van der Waals surface area contributed by atoms with Crippen LogP contribution < -0.4 is 4.90 Å². The number of hydrogen-bond donors (Lipinski definition) is 0. The molecule has 0 bridgehead atoms. The van der Waals surface area contributed by atoms with Crippen molar-refractivity contribution in [3.8, 4) is 0 Å². The third-order valence-electron chi connectivity index (χ3n) is 4.48. The minimum Gasteiger partial charge on any atom is -0.457 e. The first kappa shape index (κ1) is 17.9. The highest BCUT2D eigenvalue weighted by molar-refractivity contribution is 5.95. The number of carbonyl (C=O) groups excluding carboxylic acids is 1. The second-order valence-electron chi connectivity index (χ2n) is 6.31. The minimum absolute atomic E-state index is 0.0117. The molecule has 1 aliphatic rings. The maximum absolute atomic E-state index is 12.5. The molecule has 0 saturated carbocycles. The molecule has 0 aromatic heterocycles. The lowest BCUT2D eigenvalue weighted by molar-refractivity contribution is -0.385. The number of benzene rings is 2. The van der Waals surface area contributed by atoms with E-state index in [0.717, 1.165) is 37.4 Å². The van der Waals surface area contributed by atoms with Crippen LogP contribution in [0.15, 0.2) is 48.5 Å². The molecule has 1 heterocycles. The molecule has 0 N–H and O–H groups in total. The molecule has 2 aromatic carbocycles. The Balaban J connectivity index is 1.79. The summed E-state index contributed by atoms with van der Waals surface area (Å²) in [5.41, 5.74) is 1.39. The van der Waals surface area contributed by atoms with E-state index in [1.54, 1.807) is 12.1 Å². The zero-order chi connectivity index (χ0) is 18.5. The molecule has 0 unspecified atom stereocenters. The summed E-state index contributed by atoms with van der Waals surface area (Å²) >= 11 is 0. The lowest BCUT2D eigenvalue weighted by Gasteiger charge is -2.34.